The molecule has 0 N–H and O–H groups in total. The standard InChI is InChI=1S/C19H19FN2O2/c20-16-11-9-15(10-12-16)18(23)22(17-7-3-1-4-8-17)19(24)21-13-5-2-6-14-21/h1,3-4,7-12H,2,5-6,13-14H2. The second kappa shape index (κ2) is 7.25. The predicted octanol–water partition coefficient (Wildman–Crippen LogP) is 4.08. The number of hydrogen-bond donors (Lipinski definition) is 0. The van der Waals surface area contributed by atoms with Crippen molar-refractivity contribution in [1.29, 1.82) is 0 Å². The molecule has 124 valence electrons. The van der Waals surface area contributed by atoms with Crippen LogP contribution in [0.2, 0.25) is 0 Å². The van der Waals surface area contributed by atoms with E-state index in [1.54, 1.807) is 29.2 Å². The Labute approximate surface area is 140 Å². The monoisotopic (exact) mass is 326 g/mol. The van der Waals surface area contributed by atoms with E-state index in [0.717, 1.165) is 19.3 Å². The van der Waals surface area contributed by atoms with Crippen LogP contribution in [0.4, 0.5) is 14.9 Å². The minimum Gasteiger partial charge on any atom is -0.324 e. The van der Waals surface area contributed by atoms with Gasteiger partial charge in [0.15, 0.2) is 0 Å². The maximum absolute atomic E-state index is 13.1. The van der Waals surface area contributed by atoms with Gasteiger partial charge in [-0.1, -0.05) is 18.2 Å². The number of imide groups is 1. The fourth-order valence-electron chi connectivity index (χ4n) is 2.84. The zero-order valence-electron chi connectivity index (χ0n) is 13.3. The van der Waals surface area contributed by atoms with Gasteiger partial charge in [-0.3, -0.25) is 4.79 Å². The molecule has 4 nitrogen and oxygen atoms in total. The van der Waals surface area contributed by atoms with Gasteiger partial charge in [0, 0.05) is 18.7 Å². The average Bonchev–Trinajstić information content (AvgIpc) is 2.64. The molecular formula is C19H19FN2O2. The number of piperidine rings is 1. The number of carbonyl (C=O) groups is 2. The van der Waals surface area contributed by atoms with Crippen LogP contribution in [0.3, 0.4) is 0 Å². The topological polar surface area (TPSA) is 40.6 Å². The molecule has 0 aromatic heterocycles. The Hall–Kier alpha value is -2.69. The predicted molar refractivity (Wildman–Crippen MR) is 90.5 cm³/mol. The summed E-state index contributed by atoms with van der Waals surface area (Å²) in [7, 11) is 0. The highest BCUT2D eigenvalue weighted by Gasteiger charge is 2.29. The first kappa shape index (κ1) is 16.2. The molecule has 0 atom stereocenters. The maximum Gasteiger partial charge on any atom is 0.331 e. The van der Waals surface area contributed by atoms with Crippen molar-refractivity contribution in [3.8, 4) is 0 Å². The van der Waals surface area contributed by atoms with Crippen molar-refractivity contribution in [2.75, 3.05) is 18.0 Å². The molecule has 5 heteroatoms. The Morgan fingerprint density at radius 1 is 0.875 bits per heavy atom. The number of likely N-dealkylation sites (tertiary alicyclic amines) is 1. The quantitative estimate of drug-likeness (QED) is 0.834. The summed E-state index contributed by atoms with van der Waals surface area (Å²) >= 11 is 0. The van der Waals surface area contributed by atoms with E-state index in [9.17, 15) is 14.0 Å². The van der Waals surface area contributed by atoms with Crippen molar-refractivity contribution in [1.82, 2.24) is 4.90 Å². The van der Waals surface area contributed by atoms with Gasteiger partial charge in [0.1, 0.15) is 5.82 Å². The fourth-order valence-corrected chi connectivity index (χ4v) is 2.84. The molecule has 3 amide bonds. The summed E-state index contributed by atoms with van der Waals surface area (Å²) in [6.45, 7) is 1.30. The van der Waals surface area contributed by atoms with E-state index in [1.165, 1.54) is 29.2 Å². The first-order chi connectivity index (χ1) is 11.7. The van der Waals surface area contributed by atoms with Gasteiger partial charge in [-0.2, -0.15) is 0 Å². The third kappa shape index (κ3) is 3.45. The zero-order valence-corrected chi connectivity index (χ0v) is 13.3. The maximum atomic E-state index is 13.1. The summed E-state index contributed by atoms with van der Waals surface area (Å²) in [5.41, 5.74) is 0.799. The summed E-state index contributed by atoms with van der Waals surface area (Å²) < 4.78 is 13.1. The molecule has 0 aliphatic carbocycles. The number of benzene rings is 2. The molecule has 0 radical (unpaired) electrons. The van der Waals surface area contributed by atoms with Gasteiger partial charge in [0.05, 0.1) is 5.69 Å². The van der Waals surface area contributed by atoms with Crippen LogP contribution in [-0.2, 0) is 0 Å². The summed E-state index contributed by atoms with van der Waals surface area (Å²) in [4.78, 5) is 28.7. The molecule has 0 spiro atoms. The van der Waals surface area contributed by atoms with E-state index in [1.807, 2.05) is 6.07 Å². The Morgan fingerprint density at radius 2 is 1.50 bits per heavy atom. The molecule has 0 unspecified atom stereocenters. The Morgan fingerprint density at radius 3 is 2.12 bits per heavy atom. The van der Waals surface area contributed by atoms with Crippen molar-refractivity contribution in [3.63, 3.8) is 0 Å². The molecule has 1 saturated heterocycles. The second-order valence-electron chi connectivity index (χ2n) is 5.81. The average molecular weight is 326 g/mol. The number of nitrogens with zero attached hydrogens (tertiary/aromatic N) is 2. The highest BCUT2D eigenvalue weighted by molar-refractivity contribution is 6.20. The Kier molecular flexibility index (Phi) is 4.89. The Balaban J connectivity index is 1.94. The zero-order chi connectivity index (χ0) is 16.9. The van der Waals surface area contributed by atoms with Crippen molar-refractivity contribution >= 4 is 17.6 Å². The third-order valence-electron chi connectivity index (χ3n) is 4.13. The molecule has 1 fully saturated rings. The van der Waals surface area contributed by atoms with E-state index >= 15 is 0 Å². The molecule has 1 aliphatic rings. The van der Waals surface area contributed by atoms with E-state index in [-0.39, 0.29) is 11.6 Å². The van der Waals surface area contributed by atoms with Crippen LogP contribution in [0.15, 0.2) is 54.6 Å². The number of para-hydroxylation sites is 1. The van der Waals surface area contributed by atoms with Crippen LogP contribution < -0.4 is 4.90 Å². The van der Waals surface area contributed by atoms with Gasteiger partial charge >= 0.3 is 6.03 Å². The normalized spacial score (nSPS) is 14.3. The molecule has 2 aromatic carbocycles. The van der Waals surface area contributed by atoms with Crippen molar-refractivity contribution < 1.29 is 14.0 Å². The fraction of sp³-hybridized carbons (Fsp3) is 0.263. The molecule has 1 aliphatic heterocycles. The van der Waals surface area contributed by atoms with Crippen molar-refractivity contribution in [2.45, 2.75) is 19.3 Å². The van der Waals surface area contributed by atoms with Crippen LogP contribution in [0.5, 0.6) is 0 Å². The molecule has 2 aromatic rings. The molecule has 0 saturated carbocycles. The van der Waals surface area contributed by atoms with Gasteiger partial charge in [0.2, 0.25) is 0 Å². The van der Waals surface area contributed by atoms with Crippen LogP contribution in [0.25, 0.3) is 0 Å². The SMILES string of the molecule is O=C(c1ccc(F)cc1)N(C(=O)N1CCCCC1)c1ccccc1. The van der Waals surface area contributed by atoms with E-state index in [4.69, 9.17) is 0 Å². The van der Waals surface area contributed by atoms with Gasteiger partial charge in [-0.25, -0.2) is 14.1 Å². The van der Waals surface area contributed by atoms with Gasteiger partial charge in [-0.05, 0) is 55.7 Å². The van der Waals surface area contributed by atoms with Gasteiger partial charge in [-0.15, -0.1) is 0 Å². The number of amides is 3. The number of hydrogen-bond acceptors (Lipinski definition) is 2. The van der Waals surface area contributed by atoms with Gasteiger partial charge in [0.25, 0.3) is 5.91 Å². The summed E-state index contributed by atoms with van der Waals surface area (Å²) in [6.07, 6.45) is 2.99. The lowest BCUT2D eigenvalue weighted by molar-refractivity contribution is 0.0983. The minimum absolute atomic E-state index is 0.283. The number of halogens is 1. The smallest absolute Gasteiger partial charge is 0.324 e. The third-order valence-corrected chi connectivity index (χ3v) is 4.13. The molecule has 0 bridgehead atoms. The van der Waals surface area contributed by atoms with Gasteiger partial charge < -0.3 is 4.90 Å². The second-order valence-corrected chi connectivity index (χ2v) is 5.81. The van der Waals surface area contributed by atoms with Crippen molar-refractivity contribution in [3.05, 3.63) is 66.0 Å². The first-order valence-electron chi connectivity index (χ1n) is 8.11. The molecule has 24 heavy (non-hydrogen) atoms. The number of urea groups is 1. The number of anilines is 1. The molecule has 3 rings (SSSR count). The van der Waals surface area contributed by atoms with E-state index in [0.29, 0.717) is 18.8 Å². The first-order valence-corrected chi connectivity index (χ1v) is 8.11. The van der Waals surface area contributed by atoms with Crippen LogP contribution in [-0.4, -0.2) is 29.9 Å². The van der Waals surface area contributed by atoms with Crippen molar-refractivity contribution in [2.24, 2.45) is 0 Å². The summed E-state index contributed by atoms with van der Waals surface area (Å²) in [5, 5.41) is 0. The van der Waals surface area contributed by atoms with E-state index < -0.39 is 11.7 Å². The summed E-state index contributed by atoms with van der Waals surface area (Å²) in [5.74, 6) is -0.864. The lowest BCUT2D eigenvalue weighted by Crippen LogP contribution is -2.48. The number of carbonyl (C=O) groups excluding carboxylic acids is 2. The lowest BCUT2D eigenvalue weighted by Gasteiger charge is -2.32. The molecule has 1 heterocycles. The highest BCUT2D eigenvalue weighted by Crippen LogP contribution is 2.21. The lowest BCUT2D eigenvalue weighted by atomic mass is 10.1. The Bertz CT molecular complexity index is 710. The highest BCUT2D eigenvalue weighted by atomic mass is 19.1. The van der Waals surface area contributed by atoms with Crippen LogP contribution in [0, 0.1) is 5.82 Å². The summed E-state index contributed by atoms with van der Waals surface area (Å²) in [6, 6.07) is 13.8. The van der Waals surface area contributed by atoms with E-state index in [2.05, 4.69) is 0 Å². The minimum atomic E-state index is -0.447. The van der Waals surface area contributed by atoms with Crippen LogP contribution in [0.1, 0.15) is 29.6 Å². The van der Waals surface area contributed by atoms with Crippen LogP contribution >= 0.6 is 0 Å². The largest absolute Gasteiger partial charge is 0.331 e. The molecular weight excluding hydrogens is 307 g/mol. The number of rotatable bonds is 2.